The summed E-state index contributed by atoms with van der Waals surface area (Å²) in [4.78, 5) is 14.2. The summed E-state index contributed by atoms with van der Waals surface area (Å²) in [5, 5.41) is 1.11. The van der Waals surface area contributed by atoms with Gasteiger partial charge in [-0.3, -0.25) is 0 Å². The molecule has 4 aromatic rings. The Labute approximate surface area is 175 Å². The zero-order chi connectivity index (χ0) is 20.5. The average molecular weight is 398 g/mol. The van der Waals surface area contributed by atoms with Crippen molar-refractivity contribution in [3.8, 4) is 11.3 Å². The Hall–Kier alpha value is -3.47. The van der Waals surface area contributed by atoms with E-state index >= 15 is 0 Å². The summed E-state index contributed by atoms with van der Waals surface area (Å²) in [6, 6.07) is 23.3. The van der Waals surface area contributed by atoms with Crippen LogP contribution < -0.4 is 9.80 Å². The van der Waals surface area contributed by atoms with Crippen LogP contribution in [0.3, 0.4) is 0 Å². The topological polar surface area (TPSA) is 32.3 Å². The molecular weight excluding hydrogens is 375 g/mol. The van der Waals surface area contributed by atoms with E-state index in [2.05, 4.69) is 39.9 Å². The Kier molecular flexibility index (Phi) is 4.79. The molecule has 4 nitrogen and oxygen atoms in total. The molecule has 1 aliphatic rings. The second-order valence-electron chi connectivity index (χ2n) is 7.73. The van der Waals surface area contributed by atoms with Crippen molar-refractivity contribution >= 4 is 22.4 Å². The minimum absolute atomic E-state index is 0.238. The molecule has 3 heterocycles. The maximum Gasteiger partial charge on any atom is 0.128 e. The molecule has 150 valence electrons. The van der Waals surface area contributed by atoms with Gasteiger partial charge in [0.05, 0.1) is 16.9 Å². The lowest BCUT2D eigenvalue weighted by Gasteiger charge is -2.42. The van der Waals surface area contributed by atoms with Crippen LogP contribution in [0.1, 0.15) is 6.92 Å². The fraction of sp³-hybridized carbons (Fsp3) is 0.200. The van der Waals surface area contributed by atoms with Crippen LogP contribution in [0, 0.1) is 5.82 Å². The van der Waals surface area contributed by atoms with Crippen LogP contribution in [0.15, 0.2) is 79.0 Å². The summed E-state index contributed by atoms with van der Waals surface area (Å²) < 4.78 is 13.5. The van der Waals surface area contributed by atoms with E-state index in [1.807, 2.05) is 48.7 Å². The molecule has 1 fully saturated rings. The number of para-hydroxylation sites is 1. The second kappa shape index (κ2) is 7.75. The third-order valence-electron chi connectivity index (χ3n) is 5.73. The van der Waals surface area contributed by atoms with Gasteiger partial charge in [-0.25, -0.2) is 14.4 Å². The quantitative estimate of drug-likeness (QED) is 0.478. The van der Waals surface area contributed by atoms with Crippen molar-refractivity contribution in [3.63, 3.8) is 0 Å². The summed E-state index contributed by atoms with van der Waals surface area (Å²) in [7, 11) is 0. The number of anilines is 2. The molecule has 0 radical (unpaired) electrons. The maximum absolute atomic E-state index is 13.5. The highest BCUT2D eigenvalue weighted by Crippen LogP contribution is 2.35. The van der Waals surface area contributed by atoms with E-state index < -0.39 is 0 Å². The molecule has 0 N–H and O–H groups in total. The zero-order valence-electron chi connectivity index (χ0n) is 16.9. The summed E-state index contributed by atoms with van der Waals surface area (Å²) in [6.07, 6.45) is 1.84. The zero-order valence-corrected chi connectivity index (χ0v) is 16.9. The minimum Gasteiger partial charge on any atom is -0.363 e. The second-order valence-corrected chi connectivity index (χ2v) is 7.73. The third kappa shape index (κ3) is 3.47. The molecule has 0 saturated carbocycles. The fourth-order valence-electron chi connectivity index (χ4n) is 4.21. The molecule has 0 amide bonds. The van der Waals surface area contributed by atoms with Gasteiger partial charge in [-0.1, -0.05) is 24.3 Å². The molecule has 5 heteroatoms. The van der Waals surface area contributed by atoms with Crippen molar-refractivity contribution in [1.29, 1.82) is 0 Å². The molecule has 0 bridgehead atoms. The van der Waals surface area contributed by atoms with E-state index in [1.54, 1.807) is 0 Å². The lowest BCUT2D eigenvalue weighted by Crippen LogP contribution is -2.52. The van der Waals surface area contributed by atoms with E-state index in [0.717, 1.165) is 53.3 Å². The molecule has 5 rings (SSSR count). The van der Waals surface area contributed by atoms with Crippen molar-refractivity contribution in [1.82, 2.24) is 9.97 Å². The molecule has 1 aliphatic heterocycles. The molecule has 2 aromatic heterocycles. The number of hydrogen-bond acceptors (Lipinski definition) is 4. The molecule has 1 atom stereocenters. The molecule has 0 unspecified atom stereocenters. The number of fused-ring (bicyclic) bond motifs is 1. The van der Waals surface area contributed by atoms with Gasteiger partial charge in [-0.2, -0.15) is 0 Å². The Morgan fingerprint density at radius 3 is 2.50 bits per heavy atom. The van der Waals surface area contributed by atoms with Crippen LogP contribution in [-0.2, 0) is 0 Å². The SMILES string of the molecule is C[C@H]1CN(c2ccccn2)CCN1c1cc2ccccc2nc1-c1ccc(F)cc1. The van der Waals surface area contributed by atoms with E-state index in [9.17, 15) is 4.39 Å². The fourth-order valence-corrected chi connectivity index (χ4v) is 4.21. The molecule has 30 heavy (non-hydrogen) atoms. The Morgan fingerprint density at radius 1 is 0.933 bits per heavy atom. The van der Waals surface area contributed by atoms with Gasteiger partial charge < -0.3 is 9.80 Å². The Bertz CT molecular complexity index is 1160. The van der Waals surface area contributed by atoms with Crippen LogP contribution in [0.25, 0.3) is 22.2 Å². The first-order chi connectivity index (χ1) is 14.7. The minimum atomic E-state index is -0.238. The highest BCUT2D eigenvalue weighted by Gasteiger charge is 2.27. The average Bonchev–Trinajstić information content (AvgIpc) is 2.79. The lowest BCUT2D eigenvalue weighted by molar-refractivity contribution is 0.547. The summed E-state index contributed by atoms with van der Waals surface area (Å²) in [5.41, 5.74) is 3.86. The van der Waals surface area contributed by atoms with Gasteiger partial charge in [0.1, 0.15) is 11.6 Å². The smallest absolute Gasteiger partial charge is 0.128 e. The number of piperazine rings is 1. The van der Waals surface area contributed by atoms with E-state index in [4.69, 9.17) is 4.98 Å². The largest absolute Gasteiger partial charge is 0.363 e. The summed E-state index contributed by atoms with van der Waals surface area (Å²) in [6.45, 7) is 4.87. The summed E-state index contributed by atoms with van der Waals surface area (Å²) >= 11 is 0. The van der Waals surface area contributed by atoms with Crippen molar-refractivity contribution in [2.75, 3.05) is 29.4 Å². The van der Waals surface area contributed by atoms with Crippen LogP contribution in [0.2, 0.25) is 0 Å². The van der Waals surface area contributed by atoms with Crippen LogP contribution >= 0.6 is 0 Å². The molecule has 2 aromatic carbocycles. The van der Waals surface area contributed by atoms with Gasteiger partial charge in [0.25, 0.3) is 0 Å². The molecule has 0 spiro atoms. The number of pyridine rings is 2. The third-order valence-corrected chi connectivity index (χ3v) is 5.73. The van der Waals surface area contributed by atoms with Crippen LogP contribution in [-0.4, -0.2) is 35.6 Å². The Morgan fingerprint density at radius 2 is 1.73 bits per heavy atom. The first-order valence-electron chi connectivity index (χ1n) is 10.3. The van der Waals surface area contributed by atoms with Crippen molar-refractivity contribution in [3.05, 3.63) is 84.8 Å². The highest BCUT2D eigenvalue weighted by molar-refractivity contribution is 5.89. The molecule has 0 aliphatic carbocycles. The normalized spacial score (nSPS) is 16.8. The van der Waals surface area contributed by atoms with Gasteiger partial charge in [0.15, 0.2) is 0 Å². The van der Waals surface area contributed by atoms with Gasteiger partial charge >= 0.3 is 0 Å². The monoisotopic (exact) mass is 398 g/mol. The highest BCUT2D eigenvalue weighted by atomic mass is 19.1. The Balaban J connectivity index is 1.54. The number of nitrogens with zero attached hydrogens (tertiary/aromatic N) is 4. The number of hydrogen-bond donors (Lipinski definition) is 0. The van der Waals surface area contributed by atoms with Gasteiger partial charge in [-0.05, 0) is 55.5 Å². The van der Waals surface area contributed by atoms with Gasteiger partial charge in [0.2, 0.25) is 0 Å². The summed E-state index contributed by atoms with van der Waals surface area (Å²) in [5.74, 6) is 0.776. The molecule has 1 saturated heterocycles. The number of rotatable bonds is 3. The van der Waals surface area contributed by atoms with Crippen LogP contribution in [0.5, 0.6) is 0 Å². The van der Waals surface area contributed by atoms with Gasteiger partial charge in [-0.15, -0.1) is 0 Å². The number of benzene rings is 2. The standard InChI is InChI=1S/C25H23FN4/c1-18-17-29(24-8-4-5-13-27-24)14-15-30(18)23-16-20-6-2-3-7-22(20)28-25(23)19-9-11-21(26)12-10-19/h2-13,16,18H,14-15,17H2,1H3/t18-/m0/s1. The van der Waals surface area contributed by atoms with Crippen molar-refractivity contribution < 1.29 is 4.39 Å². The van der Waals surface area contributed by atoms with Crippen molar-refractivity contribution in [2.24, 2.45) is 0 Å². The van der Waals surface area contributed by atoms with Crippen LogP contribution in [0.4, 0.5) is 15.9 Å². The first kappa shape index (κ1) is 18.6. The molecular formula is C25H23FN4. The van der Waals surface area contributed by atoms with E-state index in [0.29, 0.717) is 0 Å². The predicted molar refractivity (Wildman–Crippen MR) is 120 cm³/mol. The van der Waals surface area contributed by atoms with E-state index in [1.165, 1.54) is 12.1 Å². The first-order valence-corrected chi connectivity index (χ1v) is 10.3. The maximum atomic E-state index is 13.5. The lowest BCUT2D eigenvalue weighted by atomic mass is 10.0. The van der Waals surface area contributed by atoms with E-state index in [-0.39, 0.29) is 11.9 Å². The van der Waals surface area contributed by atoms with Crippen molar-refractivity contribution in [2.45, 2.75) is 13.0 Å². The predicted octanol–water partition coefficient (Wildman–Crippen LogP) is 5.15. The van der Waals surface area contributed by atoms with Gasteiger partial charge in [0, 0.05) is 42.8 Å². The number of aromatic nitrogens is 2. The number of halogens is 1.